The van der Waals surface area contributed by atoms with Gasteiger partial charge in [0.1, 0.15) is 0 Å². The van der Waals surface area contributed by atoms with Gasteiger partial charge >= 0.3 is 0 Å². The lowest BCUT2D eigenvalue weighted by Gasteiger charge is -2.56. The maximum Gasteiger partial charge on any atom is 0.0727 e. The normalized spacial score (nSPS) is 51.4. The smallest absolute Gasteiger partial charge is 0.0727 e. The van der Waals surface area contributed by atoms with Crippen LogP contribution in [-0.2, 0) is 0 Å². The number of allylic oxidation sites excluding steroid dienone is 3. The van der Waals surface area contributed by atoms with E-state index >= 15 is 0 Å². The molecule has 4 aliphatic rings. The summed E-state index contributed by atoms with van der Waals surface area (Å²) in [6.45, 7) is 7.55. The summed E-state index contributed by atoms with van der Waals surface area (Å²) >= 11 is 0. The number of aliphatic hydroxyl groups is 2. The van der Waals surface area contributed by atoms with Crippen molar-refractivity contribution in [2.45, 2.75) is 65.4 Å². The highest BCUT2D eigenvalue weighted by molar-refractivity contribution is 5.36. The van der Waals surface area contributed by atoms with E-state index in [-0.39, 0.29) is 11.5 Å². The topological polar surface area (TPSA) is 40.5 Å². The van der Waals surface area contributed by atoms with Crippen molar-refractivity contribution in [2.24, 2.45) is 40.4 Å². The number of hydrogen-bond donors (Lipinski definition) is 2. The molecule has 2 N–H and O–H groups in total. The Morgan fingerprint density at radius 1 is 1.12 bits per heavy atom. The first-order chi connectivity index (χ1) is 11.4. The maximum atomic E-state index is 10.0. The third kappa shape index (κ3) is 2.22. The van der Waals surface area contributed by atoms with E-state index in [1.165, 1.54) is 31.3 Å². The van der Waals surface area contributed by atoms with E-state index in [2.05, 4.69) is 39.0 Å². The molecule has 0 heterocycles. The van der Waals surface area contributed by atoms with Gasteiger partial charge in [-0.05, 0) is 84.5 Å². The van der Waals surface area contributed by atoms with E-state index < -0.39 is 0 Å². The predicted octanol–water partition coefficient (Wildman–Crippen LogP) is 4.33. The second-order valence-electron chi connectivity index (χ2n) is 9.68. The molecule has 4 rings (SSSR count). The van der Waals surface area contributed by atoms with Gasteiger partial charge in [0.05, 0.1) is 6.10 Å². The van der Waals surface area contributed by atoms with Crippen molar-refractivity contribution in [1.82, 2.24) is 0 Å². The van der Waals surface area contributed by atoms with E-state index in [0.29, 0.717) is 29.8 Å². The highest BCUT2D eigenvalue weighted by Crippen LogP contribution is 2.66. The molecule has 8 atom stereocenters. The zero-order valence-corrected chi connectivity index (χ0v) is 15.5. The van der Waals surface area contributed by atoms with E-state index in [4.69, 9.17) is 0 Å². The first kappa shape index (κ1) is 16.8. The number of fused-ring (bicyclic) bond motifs is 5. The van der Waals surface area contributed by atoms with Crippen LogP contribution < -0.4 is 0 Å². The number of aliphatic hydroxyl groups excluding tert-OH is 2. The molecule has 0 aromatic rings. The molecule has 2 saturated carbocycles. The molecule has 0 amide bonds. The Bertz CT molecular complexity index is 564. The summed E-state index contributed by atoms with van der Waals surface area (Å²) in [4.78, 5) is 0. The molecule has 0 aliphatic heterocycles. The summed E-state index contributed by atoms with van der Waals surface area (Å²) in [5.74, 6) is 3.32. The van der Waals surface area contributed by atoms with Crippen molar-refractivity contribution < 1.29 is 10.2 Å². The summed E-state index contributed by atoms with van der Waals surface area (Å²) in [5, 5.41) is 19.7. The first-order valence-electron chi connectivity index (χ1n) is 10.1. The Kier molecular flexibility index (Phi) is 4.01. The highest BCUT2D eigenvalue weighted by Gasteiger charge is 2.58. The van der Waals surface area contributed by atoms with E-state index in [1.54, 1.807) is 0 Å². The minimum absolute atomic E-state index is 0.246. The number of rotatable bonds is 2. The zero-order valence-electron chi connectivity index (χ0n) is 15.5. The summed E-state index contributed by atoms with van der Waals surface area (Å²) in [5.41, 5.74) is 2.06. The molecular weight excluding hydrogens is 296 g/mol. The molecule has 24 heavy (non-hydrogen) atoms. The van der Waals surface area contributed by atoms with Gasteiger partial charge in [-0.25, -0.2) is 0 Å². The van der Waals surface area contributed by atoms with Gasteiger partial charge in [-0.1, -0.05) is 39.0 Å². The average Bonchev–Trinajstić information content (AvgIpc) is 2.92. The quantitative estimate of drug-likeness (QED) is 0.791. The van der Waals surface area contributed by atoms with Gasteiger partial charge in [0.15, 0.2) is 0 Å². The molecule has 0 aromatic carbocycles. The minimum atomic E-state index is -0.246. The first-order valence-corrected chi connectivity index (χ1v) is 10.1. The van der Waals surface area contributed by atoms with Crippen molar-refractivity contribution in [3.8, 4) is 0 Å². The molecule has 0 aromatic heterocycles. The predicted molar refractivity (Wildman–Crippen MR) is 97.4 cm³/mol. The van der Waals surface area contributed by atoms with Crippen LogP contribution in [0.1, 0.15) is 59.3 Å². The largest absolute Gasteiger partial charge is 0.396 e. The van der Waals surface area contributed by atoms with Gasteiger partial charge in [-0.2, -0.15) is 0 Å². The van der Waals surface area contributed by atoms with E-state index in [0.717, 1.165) is 24.7 Å². The molecule has 0 bridgehead atoms. The van der Waals surface area contributed by atoms with Crippen LogP contribution in [0.15, 0.2) is 23.8 Å². The monoisotopic (exact) mass is 330 g/mol. The molecule has 5 unspecified atom stereocenters. The third-order valence-corrected chi connectivity index (χ3v) is 8.69. The molecule has 4 aliphatic carbocycles. The van der Waals surface area contributed by atoms with Crippen molar-refractivity contribution in [1.29, 1.82) is 0 Å². The lowest BCUT2D eigenvalue weighted by atomic mass is 9.48. The van der Waals surface area contributed by atoms with Gasteiger partial charge in [0.2, 0.25) is 0 Å². The van der Waals surface area contributed by atoms with Gasteiger partial charge in [0, 0.05) is 6.61 Å². The van der Waals surface area contributed by atoms with Crippen LogP contribution in [0, 0.1) is 40.4 Å². The SMILES string of the molecule is C[C@H](CO)C1CCC2C3C=CC4=CC(O)CC[C@]4(C)C3CC[C@@]21C. The molecule has 2 nitrogen and oxygen atoms in total. The van der Waals surface area contributed by atoms with Crippen LogP contribution in [0.3, 0.4) is 0 Å². The molecule has 134 valence electrons. The second-order valence-corrected chi connectivity index (χ2v) is 9.68. The summed E-state index contributed by atoms with van der Waals surface area (Å²) in [6, 6.07) is 0. The second kappa shape index (κ2) is 5.71. The summed E-state index contributed by atoms with van der Waals surface area (Å²) in [7, 11) is 0. The van der Waals surface area contributed by atoms with Crippen molar-refractivity contribution in [3.05, 3.63) is 23.8 Å². The maximum absolute atomic E-state index is 10.0. The van der Waals surface area contributed by atoms with Gasteiger partial charge in [-0.15, -0.1) is 0 Å². The Hall–Kier alpha value is -0.600. The zero-order chi connectivity index (χ0) is 17.1. The molecule has 0 saturated heterocycles. The van der Waals surface area contributed by atoms with Crippen LogP contribution in [0.4, 0.5) is 0 Å². The fraction of sp³-hybridized carbons (Fsp3) is 0.818. The standard InChI is InChI=1S/C22H34O2/c1-14(13-23)18-6-7-19-17-5-4-15-12-16(24)8-10-21(15,2)20(17)9-11-22(18,19)3/h4-5,12,14,16-20,23-24H,6-11,13H2,1-3H3/t14-,16?,17?,18?,19?,20?,21+,22-/m1/s1. The van der Waals surface area contributed by atoms with Crippen molar-refractivity contribution in [3.63, 3.8) is 0 Å². The van der Waals surface area contributed by atoms with E-state index in [1.807, 2.05) is 0 Å². The van der Waals surface area contributed by atoms with E-state index in [9.17, 15) is 10.2 Å². The molecule has 0 radical (unpaired) electrons. The molecular formula is C22H34O2. The van der Waals surface area contributed by atoms with Crippen LogP contribution in [0.2, 0.25) is 0 Å². The van der Waals surface area contributed by atoms with Crippen molar-refractivity contribution >= 4 is 0 Å². The van der Waals surface area contributed by atoms with Gasteiger partial charge in [-0.3, -0.25) is 0 Å². The van der Waals surface area contributed by atoms with Crippen LogP contribution in [0.25, 0.3) is 0 Å². The Balaban J connectivity index is 1.67. The Morgan fingerprint density at radius 2 is 1.92 bits per heavy atom. The fourth-order valence-electron chi connectivity index (χ4n) is 7.24. The Morgan fingerprint density at radius 3 is 2.67 bits per heavy atom. The summed E-state index contributed by atoms with van der Waals surface area (Å²) < 4.78 is 0. The molecule has 2 heteroatoms. The molecule has 0 spiro atoms. The Labute approximate surface area is 147 Å². The van der Waals surface area contributed by atoms with Gasteiger partial charge < -0.3 is 10.2 Å². The third-order valence-electron chi connectivity index (χ3n) is 8.69. The van der Waals surface area contributed by atoms with Crippen LogP contribution in [0.5, 0.6) is 0 Å². The highest BCUT2D eigenvalue weighted by atomic mass is 16.3. The fourth-order valence-corrected chi connectivity index (χ4v) is 7.24. The van der Waals surface area contributed by atoms with Crippen LogP contribution in [-0.4, -0.2) is 22.9 Å². The lowest BCUT2D eigenvalue weighted by Crippen LogP contribution is -2.49. The van der Waals surface area contributed by atoms with Crippen LogP contribution >= 0.6 is 0 Å². The molecule has 2 fully saturated rings. The minimum Gasteiger partial charge on any atom is -0.396 e. The average molecular weight is 331 g/mol. The lowest BCUT2D eigenvalue weighted by molar-refractivity contribution is -0.0340. The summed E-state index contributed by atoms with van der Waals surface area (Å²) in [6.07, 6.45) is 14.0. The van der Waals surface area contributed by atoms with Crippen molar-refractivity contribution in [2.75, 3.05) is 6.61 Å². The number of hydrogen-bond acceptors (Lipinski definition) is 2. The van der Waals surface area contributed by atoms with Gasteiger partial charge in [0.25, 0.3) is 0 Å².